The van der Waals surface area contributed by atoms with Gasteiger partial charge in [0, 0.05) is 12.4 Å². The lowest BCUT2D eigenvalue weighted by Crippen LogP contribution is -2.38. The molecule has 0 saturated carbocycles. The van der Waals surface area contributed by atoms with Gasteiger partial charge in [0.25, 0.3) is 16.7 Å². The molecule has 3 aromatic heterocycles. The van der Waals surface area contributed by atoms with Crippen molar-refractivity contribution < 1.29 is 30.0 Å². The zero-order chi connectivity index (χ0) is 29.6. The lowest BCUT2D eigenvalue weighted by atomic mass is 10.1. The van der Waals surface area contributed by atoms with Gasteiger partial charge < -0.3 is 35.1 Å². The molecule has 0 aliphatic carbocycles. The minimum absolute atomic E-state index is 0.0419. The molecule has 212 valence electrons. The van der Waals surface area contributed by atoms with Gasteiger partial charge in [0.2, 0.25) is 0 Å². The number of aromatic amines is 5. The number of aliphatic hydroxyl groups excluding tert-OH is 3. The summed E-state index contributed by atoms with van der Waals surface area (Å²) in [5.74, 6) is -1.33. The molecule has 4 heterocycles. The maximum atomic E-state index is 11.6. The van der Waals surface area contributed by atoms with Crippen molar-refractivity contribution in [3.63, 3.8) is 0 Å². The molecular formula is C18H17I3N6O12. The van der Waals surface area contributed by atoms with E-state index < -0.39 is 65.3 Å². The summed E-state index contributed by atoms with van der Waals surface area (Å²) < 4.78 is 6.84. The second kappa shape index (κ2) is 14.3. The summed E-state index contributed by atoms with van der Waals surface area (Å²) >= 11 is 5.10. The van der Waals surface area contributed by atoms with Crippen molar-refractivity contribution in [2.24, 2.45) is 0 Å². The highest BCUT2D eigenvalue weighted by molar-refractivity contribution is 14.1. The summed E-state index contributed by atoms with van der Waals surface area (Å²) in [5.41, 5.74) is -4.02. The first-order valence-corrected chi connectivity index (χ1v) is 13.3. The molecule has 21 heteroatoms. The molecule has 39 heavy (non-hydrogen) atoms. The van der Waals surface area contributed by atoms with Crippen LogP contribution in [0.5, 0.6) is 0 Å². The molecule has 3 aromatic rings. The average molecular weight is 890 g/mol. The van der Waals surface area contributed by atoms with Crippen molar-refractivity contribution in [2.45, 2.75) is 24.5 Å². The number of nitrogens with one attached hydrogen (secondary N) is 5. The number of carboxylic acids is 1. The number of aliphatic hydroxyl groups is 3. The van der Waals surface area contributed by atoms with Crippen LogP contribution < -0.4 is 33.7 Å². The quantitative estimate of drug-likeness (QED) is 0.118. The van der Waals surface area contributed by atoms with Crippen LogP contribution in [0.25, 0.3) is 0 Å². The van der Waals surface area contributed by atoms with E-state index in [1.807, 2.05) is 32.6 Å². The molecule has 1 aliphatic heterocycles. The molecule has 18 nitrogen and oxygen atoms in total. The molecule has 0 aromatic carbocycles. The first-order valence-electron chi connectivity index (χ1n) is 10.0. The standard InChI is InChI=1S/C9H11IN2O6.C5H3IN2O4.C4H3IN2O2/c10-3-1-12(9(17)11-7(3)16)8-6(15)5(14)4(2-13)18-8;6-1-2(4(10)11)7-5(12)8-3(1)9;5-2-1-6-4(9)7-3(2)8/h1,4-6,8,13-15H,2H2,(H,11,16,17);(H,10,11)(H2,7,8,9,12);1H,(H2,6,7,8,9)/t4-,5-,6-,8-;;/m1../s1. The monoisotopic (exact) mass is 890 g/mol. The molecule has 0 radical (unpaired) electrons. The third-order valence-corrected chi connectivity index (χ3v) is 7.19. The van der Waals surface area contributed by atoms with Gasteiger partial charge in [-0.1, -0.05) is 0 Å². The summed E-state index contributed by atoms with van der Waals surface area (Å²) in [6, 6.07) is 0. The summed E-state index contributed by atoms with van der Waals surface area (Å²) in [7, 11) is 0. The van der Waals surface area contributed by atoms with E-state index in [0.717, 1.165) is 4.57 Å². The molecule has 0 amide bonds. The molecule has 1 fully saturated rings. The lowest BCUT2D eigenvalue weighted by molar-refractivity contribution is -0.0551. The van der Waals surface area contributed by atoms with Crippen molar-refractivity contribution >= 4 is 73.7 Å². The third kappa shape index (κ3) is 8.51. The van der Waals surface area contributed by atoms with Crippen LogP contribution in [0, 0.1) is 10.7 Å². The number of hydrogen-bond acceptors (Lipinski definition) is 11. The fourth-order valence-electron chi connectivity index (χ4n) is 2.77. The van der Waals surface area contributed by atoms with Crippen LogP contribution in [0.4, 0.5) is 0 Å². The fourth-order valence-corrected chi connectivity index (χ4v) is 4.00. The summed E-state index contributed by atoms with van der Waals surface area (Å²) in [6.45, 7) is -0.482. The van der Waals surface area contributed by atoms with E-state index in [9.17, 15) is 43.8 Å². The zero-order valence-corrected chi connectivity index (χ0v) is 25.3. The van der Waals surface area contributed by atoms with Crippen LogP contribution in [-0.2, 0) is 4.74 Å². The van der Waals surface area contributed by atoms with Crippen LogP contribution in [0.1, 0.15) is 16.7 Å². The van der Waals surface area contributed by atoms with Gasteiger partial charge in [0.05, 0.1) is 13.7 Å². The second-order valence-corrected chi connectivity index (χ2v) is 10.6. The highest BCUT2D eigenvalue weighted by atomic mass is 127. The van der Waals surface area contributed by atoms with Gasteiger partial charge in [0.1, 0.15) is 27.6 Å². The Labute approximate surface area is 253 Å². The van der Waals surface area contributed by atoms with E-state index in [0.29, 0.717) is 3.57 Å². The molecule has 0 unspecified atom stereocenters. The van der Waals surface area contributed by atoms with E-state index in [-0.39, 0.29) is 18.4 Å². The highest BCUT2D eigenvalue weighted by Gasteiger charge is 2.43. The predicted octanol–water partition coefficient (Wildman–Crippen LogP) is -3.21. The van der Waals surface area contributed by atoms with Crippen LogP contribution >= 0.6 is 67.8 Å². The number of hydrogen-bond donors (Lipinski definition) is 9. The molecule has 1 aliphatic rings. The Kier molecular flexibility index (Phi) is 12.0. The average Bonchev–Trinajstić information content (AvgIpc) is 3.15. The van der Waals surface area contributed by atoms with Gasteiger partial charge in [-0.2, -0.15) is 0 Å². The molecule has 9 N–H and O–H groups in total. The zero-order valence-electron chi connectivity index (χ0n) is 18.8. The highest BCUT2D eigenvalue weighted by Crippen LogP contribution is 2.27. The Morgan fingerprint density at radius 3 is 1.97 bits per heavy atom. The summed E-state index contributed by atoms with van der Waals surface area (Å²) in [6.07, 6.45) is -2.18. The van der Waals surface area contributed by atoms with E-state index in [1.54, 1.807) is 45.2 Å². The Morgan fingerprint density at radius 1 is 0.872 bits per heavy atom. The van der Waals surface area contributed by atoms with Gasteiger partial charge in [-0.05, 0) is 67.8 Å². The van der Waals surface area contributed by atoms with E-state index in [4.69, 9.17) is 14.9 Å². The van der Waals surface area contributed by atoms with Crippen LogP contribution in [-0.4, -0.2) is 80.8 Å². The SMILES string of the molecule is O=C(O)c1[nH]c(=O)[nH]c(=O)c1I.O=c1[nH]c(=O)n([C@@H]2O[C@H](CO)[C@@H](O)[C@H]2O)cc1I.O=c1[nH]cc(I)c(=O)[nH]1. The van der Waals surface area contributed by atoms with Gasteiger partial charge in [0.15, 0.2) is 6.23 Å². The number of aromatic nitrogens is 6. The Morgan fingerprint density at radius 2 is 1.46 bits per heavy atom. The van der Waals surface area contributed by atoms with Crippen LogP contribution in [0.2, 0.25) is 0 Å². The van der Waals surface area contributed by atoms with E-state index in [1.165, 1.54) is 12.4 Å². The molecule has 1 saturated heterocycles. The van der Waals surface area contributed by atoms with Crippen LogP contribution in [0.3, 0.4) is 0 Å². The Hall–Kier alpha value is -2.46. The van der Waals surface area contributed by atoms with Crippen molar-refractivity contribution in [1.29, 1.82) is 0 Å². The largest absolute Gasteiger partial charge is 0.477 e. The summed E-state index contributed by atoms with van der Waals surface area (Å²) in [5, 5.41) is 36.8. The number of halogens is 3. The molecular weight excluding hydrogens is 873 g/mol. The maximum Gasteiger partial charge on any atom is 0.353 e. The smallest absolute Gasteiger partial charge is 0.353 e. The topological polar surface area (TPSA) is 294 Å². The number of aromatic carboxylic acids is 1. The maximum absolute atomic E-state index is 11.6. The lowest BCUT2D eigenvalue weighted by Gasteiger charge is -2.17. The van der Waals surface area contributed by atoms with Crippen molar-refractivity contribution in [3.8, 4) is 0 Å². The van der Waals surface area contributed by atoms with Crippen molar-refractivity contribution in [2.75, 3.05) is 6.61 Å². The number of rotatable bonds is 3. The molecule has 4 atom stereocenters. The number of carbonyl (C=O) groups is 1. The van der Waals surface area contributed by atoms with Gasteiger partial charge in [-0.3, -0.25) is 33.9 Å². The second-order valence-electron chi connectivity index (χ2n) is 7.19. The van der Waals surface area contributed by atoms with Gasteiger partial charge in [-0.25, -0.2) is 19.2 Å². The van der Waals surface area contributed by atoms with Crippen molar-refractivity contribution in [1.82, 2.24) is 29.5 Å². The van der Waals surface area contributed by atoms with Crippen LogP contribution in [0.15, 0.2) is 41.2 Å². The van der Waals surface area contributed by atoms with Gasteiger partial charge in [-0.15, -0.1) is 0 Å². The minimum Gasteiger partial charge on any atom is -0.477 e. The molecule has 4 rings (SSSR count). The normalized spacial score (nSPS) is 19.8. The van der Waals surface area contributed by atoms with E-state index >= 15 is 0 Å². The van der Waals surface area contributed by atoms with Gasteiger partial charge >= 0.3 is 23.0 Å². The first-order chi connectivity index (χ1) is 18.2. The van der Waals surface area contributed by atoms with E-state index in [2.05, 4.69) is 15.0 Å². The summed E-state index contributed by atoms with van der Waals surface area (Å²) in [4.78, 5) is 85.8. The van der Waals surface area contributed by atoms with Crippen molar-refractivity contribution in [3.05, 3.63) is 91.3 Å². The fraction of sp³-hybridized carbons (Fsp3) is 0.278. The Balaban J connectivity index is 0.000000220. The molecule has 0 spiro atoms. The number of nitrogens with zero attached hydrogens (tertiary/aromatic N) is 1. The first kappa shape index (κ1) is 32.8. The molecule has 0 bridgehead atoms. The number of ether oxygens (including phenoxy) is 1. The Bertz CT molecular complexity index is 1690. The number of carboxylic acid groups (broad SMARTS) is 1. The third-order valence-electron chi connectivity index (χ3n) is 4.59. The number of H-pyrrole nitrogens is 5. The predicted molar refractivity (Wildman–Crippen MR) is 155 cm³/mol. The minimum atomic E-state index is -1.36.